The second-order valence-electron chi connectivity index (χ2n) is 5.75. The summed E-state index contributed by atoms with van der Waals surface area (Å²) in [6.45, 7) is 6.92. The predicted octanol–water partition coefficient (Wildman–Crippen LogP) is 2.20. The second kappa shape index (κ2) is 4.74. The van der Waals surface area contributed by atoms with Gasteiger partial charge in [-0.25, -0.2) is 14.0 Å². The number of alkyl halides is 1. The molecule has 0 saturated carbocycles. The van der Waals surface area contributed by atoms with Crippen LogP contribution in [0.5, 0.6) is 0 Å². The van der Waals surface area contributed by atoms with E-state index in [4.69, 9.17) is 9.84 Å². The lowest BCUT2D eigenvalue weighted by molar-refractivity contribution is -0.155. The Morgan fingerprint density at radius 1 is 1.44 bits per heavy atom. The number of hydrogen-bond donors (Lipinski definition) is 1. The highest BCUT2D eigenvalue weighted by Gasteiger charge is 2.46. The molecule has 0 unspecified atom stereocenters. The van der Waals surface area contributed by atoms with Gasteiger partial charge in [0, 0.05) is 25.4 Å². The standard InChI is InChI=1S/C12H20FNO4/c1-8-7-12(13,9(15)16)5-6-14(8)10(17)18-11(2,3)4/h8H,5-7H2,1-4H3,(H,15,16)/t8-,12+/m1/s1. The lowest BCUT2D eigenvalue weighted by Gasteiger charge is -2.39. The third-order valence-electron chi connectivity index (χ3n) is 2.91. The number of amides is 1. The number of ether oxygens (including phenoxy) is 1. The molecule has 0 radical (unpaired) electrons. The largest absolute Gasteiger partial charge is 0.479 e. The van der Waals surface area contributed by atoms with Crippen molar-refractivity contribution in [3.8, 4) is 0 Å². The molecule has 1 aliphatic rings. The highest BCUT2D eigenvalue weighted by atomic mass is 19.1. The average Bonchev–Trinajstić information content (AvgIpc) is 2.13. The summed E-state index contributed by atoms with van der Waals surface area (Å²) in [6.07, 6.45) is -0.935. The van der Waals surface area contributed by atoms with Gasteiger partial charge in [-0.1, -0.05) is 0 Å². The van der Waals surface area contributed by atoms with Gasteiger partial charge < -0.3 is 14.7 Å². The molecule has 1 fully saturated rings. The minimum Gasteiger partial charge on any atom is -0.479 e. The number of carbonyl (C=O) groups is 2. The topological polar surface area (TPSA) is 66.8 Å². The quantitative estimate of drug-likeness (QED) is 0.785. The minimum atomic E-state index is -2.24. The molecule has 18 heavy (non-hydrogen) atoms. The smallest absolute Gasteiger partial charge is 0.410 e. The first kappa shape index (κ1) is 14.7. The molecule has 1 heterocycles. The van der Waals surface area contributed by atoms with Crippen molar-refractivity contribution in [2.75, 3.05) is 6.54 Å². The second-order valence-corrected chi connectivity index (χ2v) is 5.75. The highest BCUT2D eigenvalue weighted by Crippen LogP contribution is 2.31. The molecule has 5 nitrogen and oxygen atoms in total. The average molecular weight is 261 g/mol. The van der Waals surface area contributed by atoms with Crippen molar-refractivity contribution < 1.29 is 23.8 Å². The van der Waals surface area contributed by atoms with Crippen LogP contribution in [0.25, 0.3) is 0 Å². The SMILES string of the molecule is C[C@@H]1C[C@](F)(C(=O)O)CCN1C(=O)OC(C)(C)C. The van der Waals surface area contributed by atoms with Gasteiger partial charge in [-0.15, -0.1) is 0 Å². The monoisotopic (exact) mass is 261 g/mol. The Balaban J connectivity index is 2.68. The Morgan fingerprint density at radius 3 is 2.39 bits per heavy atom. The summed E-state index contributed by atoms with van der Waals surface area (Å²) in [7, 11) is 0. The summed E-state index contributed by atoms with van der Waals surface area (Å²) in [5.41, 5.74) is -2.86. The third-order valence-corrected chi connectivity index (χ3v) is 2.91. The van der Waals surface area contributed by atoms with E-state index in [-0.39, 0.29) is 19.4 Å². The lowest BCUT2D eigenvalue weighted by atomic mass is 9.89. The van der Waals surface area contributed by atoms with Crippen LogP contribution in [-0.4, -0.2) is 45.9 Å². The summed E-state index contributed by atoms with van der Waals surface area (Å²) >= 11 is 0. The zero-order chi connectivity index (χ0) is 14.1. The van der Waals surface area contributed by atoms with Gasteiger partial charge in [-0.3, -0.25) is 0 Å². The van der Waals surface area contributed by atoms with Crippen molar-refractivity contribution >= 4 is 12.1 Å². The van der Waals surface area contributed by atoms with Crippen molar-refractivity contribution in [1.82, 2.24) is 4.90 Å². The highest BCUT2D eigenvalue weighted by molar-refractivity contribution is 5.78. The molecule has 1 aliphatic heterocycles. The van der Waals surface area contributed by atoms with Crippen LogP contribution in [0.1, 0.15) is 40.5 Å². The molecule has 0 aliphatic carbocycles. The number of piperidine rings is 1. The predicted molar refractivity (Wildman–Crippen MR) is 63.1 cm³/mol. The van der Waals surface area contributed by atoms with E-state index in [2.05, 4.69) is 0 Å². The van der Waals surface area contributed by atoms with Crippen molar-refractivity contribution in [2.45, 2.75) is 57.8 Å². The summed E-state index contributed by atoms with van der Waals surface area (Å²) < 4.78 is 19.1. The number of aliphatic carboxylic acids is 1. The maximum atomic E-state index is 13.9. The van der Waals surface area contributed by atoms with E-state index in [9.17, 15) is 14.0 Å². The minimum absolute atomic E-state index is 0.0544. The molecule has 1 N–H and O–H groups in total. The summed E-state index contributed by atoms with van der Waals surface area (Å²) in [5.74, 6) is -1.46. The zero-order valence-electron chi connectivity index (χ0n) is 11.2. The van der Waals surface area contributed by atoms with Crippen molar-refractivity contribution in [3.63, 3.8) is 0 Å². The van der Waals surface area contributed by atoms with Crippen LogP contribution in [0.3, 0.4) is 0 Å². The van der Waals surface area contributed by atoms with E-state index in [1.165, 1.54) is 4.90 Å². The van der Waals surface area contributed by atoms with E-state index in [1.807, 2.05) is 0 Å². The Kier molecular flexibility index (Phi) is 3.88. The Labute approximate surface area is 106 Å². The van der Waals surface area contributed by atoms with Gasteiger partial charge in [-0.2, -0.15) is 0 Å². The molecule has 0 aromatic heterocycles. The van der Waals surface area contributed by atoms with Gasteiger partial charge in [0.25, 0.3) is 0 Å². The van der Waals surface area contributed by atoms with E-state index >= 15 is 0 Å². The molecule has 1 amide bonds. The van der Waals surface area contributed by atoms with Gasteiger partial charge in [0.2, 0.25) is 5.67 Å². The van der Waals surface area contributed by atoms with Crippen LogP contribution in [0, 0.1) is 0 Å². The van der Waals surface area contributed by atoms with Crippen LogP contribution >= 0.6 is 0 Å². The summed E-state index contributed by atoms with van der Waals surface area (Å²) in [6, 6.07) is -0.491. The Bertz CT molecular complexity index is 352. The van der Waals surface area contributed by atoms with Crippen molar-refractivity contribution in [2.24, 2.45) is 0 Å². The van der Waals surface area contributed by atoms with Crippen LogP contribution < -0.4 is 0 Å². The molecular weight excluding hydrogens is 241 g/mol. The molecular formula is C12H20FNO4. The zero-order valence-corrected chi connectivity index (χ0v) is 11.2. The lowest BCUT2D eigenvalue weighted by Crippen LogP contribution is -2.53. The number of rotatable bonds is 1. The maximum absolute atomic E-state index is 13.9. The van der Waals surface area contributed by atoms with Gasteiger partial charge >= 0.3 is 12.1 Å². The molecule has 104 valence electrons. The van der Waals surface area contributed by atoms with E-state index in [0.29, 0.717) is 0 Å². The first-order valence-electron chi connectivity index (χ1n) is 5.97. The molecule has 0 bridgehead atoms. The number of carboxylic acids is 1. The van der Waals surface area contributed by atoms with E-state index in [1.54, 1.807) is 27.7 Å². The number of likely N-dealkylation sites (tertiary alicyclic amines) is 1. The van der Waals surface area contributed by atoms with E-state index < -0.39 is 29.4 Å². The molecule has 1 rings (SSSR count). The fraction of sp³-hybridized carbons (Fsp3) is 0.833. The Hall–Kier alpha value is -1.33. The normalized spacial score (nSPS) is 28.9. The summed E-state index contributed by atoms with van der Waals surface area (Å²) in [5, 5.41) is 8.82. The van der Waals surface area contributed by atoms with Gasteiger partial charge in [0.1, 0.15) is 5.60 Å². The van der Waals surface area contributed by atoms with Gasteiger partial charge in [0.05, 0.1) is 0 Å². The maximum Gasteiger partial charge on any atom is 0.410 e. The van der Waals surface area contributed by atoms with Crippen LogP contribution in [-0.2, 0) is 9.53 Å². The third kappa shape index (κ3) is 3.34. The Morgan fingerprint density at radius 2 is 2.00 bits per heavy atom. The molecule has 0 spiro atoms. The molecule has 2 atom stereocenters. The van der Waals surface area contributed by atoms with Crippen LogP contribution in [0.2, 0.25) is 0 Å². The van der Waals surface area contributed by atoms with E-state index in [0.717, 1.165) is 0 Å². The van der Waals surface area contributed by atoms with Crippen molar-refractivity contribution in [1.29, 1.82) is 0 Å². The summed E-state index contributed by atoms with van der Waals surface area (Å²) in [4.78, 5) is 24.0. The number of nitrogens with zero attached hydrogens (tertiary/aromatic N) is 1. The van der Waals surface area contributed by atoms with Crippen molar-refractivity contribution in [3.05, 3.63) is 0 Å². The van der Waals surface area contributed by atoms with Crippen LogP contribution in [0.15, 0.2) is 0 Å². The molecule has 6 heteroatoms. The fourth-order valence-electron chi connectivity index (χ4n) is 1.98. The van der Waals surface area contributed by atoms with Gasteiger partial charge in [-0.05, 0) is 27.7 Å². The number of halogens is 1. The molecule has 0 aromatic carbocycles. The van der Waals surface area contributed by atoms with Crippen LogP contribution in [0.4, 0.5) is 9.18 Å². The molecule has 1 saturated heterocycles. The fourth-order valence-corrected chi connectivity index (χ4v) is 1.98. The molecule has 0 aromatic rings. The number of carboxylic acid groups (broad SMARTS) is 1. The van der Waals surface area contributed by atoms with Gasteiger partial charge in [0.15, 0.2) is 0 Å². The first-order chi connectivity index (χ1) is 8.05. The number of carbonyl (C=O) groups excluding carboxylic acids is 1. The number of hydrogen-bond acceptors (Lipinski definition) is 3. The first-order valence-corrected chi connectivity index (χ1v) is 5.97.